The minimum absolute atomic E-state index is 0.345. The van der Waals surface area contributed by atoms with Gasteiger partial charge in [0.15, 0.2) is 0 Å². The zero-order chi connectivity index (χ0) is 15.5. The first kappa shape index (κ1) is 14.9. The summed E-state index contributed by atoms with van der Waals surface area (Å²) < 4.78 is 7.25. The number of nitrogens with zero attached hydrogens (tertiary/aromatic N) is 3. The van der Waals surface area contributed by atoms with Crippen molar-refractivity contribution in [2.24, 2.45) is 5.73 Å². The Bertz CT molecular complexity index is 612. The lowest BCUT2D eigenvalue weighted by molar-refractivity contribution is 0.414. The van der Waals surface area contributed by atoms with Crippen LogP contribution in [0.1, 0.15) is 25.5 Å². The monoisotopic (exact) mass is 300 g/mol. The third-order valence-electron chi connectivity index (χ3n) is 4.38. The molecule has 1 aromatic carbocycles. The molecule has 0 spiro atoms. The van der Waals surface area contributed by atoms with Crippen molar-refractivity contribution in [3.8, 4) is 11.4 Å². The van der Waals surface area contributed by atoms with Crippen molar-refractivity contribution >= 4 is 5.69 Å². The fourth-order valence-corrected chi connectivity index (χ4v) is 3.05. The zero-order valence-electron chi connectivity index (χ0n) is 13.3. The summed E-state index contributed by atoms with van der Waals surface area (Å²) in [5.41, 5.74) is 9.57. The van der Waals surface area contributed by atoms with Gasteiger partial charge in [-0.15, -0.1) is 0 Å². The van der Waals surface area contributed by atoms with E-state index in [4.69, 9.17) is 10.5 Å². The smallest absolute Gasteiger partial charge is 0.119 e. The largest absolute Gasteiger partial charge is 0.497 e. The van der Waals surface area contributed by atoms with Gasteiger partial charge in [0.25, 0.3) is 0 Å². The van der Waals surface area contributed by atoms with Gasteiger partial charge in [-0.2, -0.15) is 5.10 Å². The van der Waals surface area contributed by atoms with Crippen molar-refractivity contribution in [2.75, 3.05) is 25.1 Å². The van der Waals surface area contributed by atoms with Crippen LogP contribution in [0, 0.1) is 0 Å². The molecule has 5 heteroatoms. The van der Waals surface area contributed by atoms with Crippen LogP contribution in [0.2, 0.25) is 0 Å². The molecule has 5 nitrogen and oxygen atoms in total. The highest BCUT2D eigenvalue weighted by atomic mass is 16.5. The van der Waals surface area contributed by atoms with E-state index >= 15 is 0 Å². The SMILES string of the molecule is CCc1c(N2CCC(N)CC2)cnn1-c1ccc(OC)cc1. The quantitative estimate of drug-likeness (QED) is 0.942. The third-order valence-corrected chi connectivity index (χ3v) is 4.38. The molecule has 2 N–H and O–H groups in total. The van der Waals surface area contributed by atoms with Gasteiger partial charge in [0.2, 0.25) is 0 Å². The summed E-state index contributed by atoms with van der Waals surface area (Å²) >= 11 is 0. The van der Waals surface area contributed by atoms with E-state index in [1.165, 1.54) is 11.4 Å². The first-order chi connectivity index (χ1) is 10.7. The fraction of sp³-hybridized carbons (Fsp3) is 0.471. The number of benzene rings is 1. The Morgan fingerprint density at radius 1 is 1.23 bits per heavy atom. The Hall–Kier alpha value is -2.01. The summed E-state index contributed by atoms with van der Waals surface area (Å²) in [5.74, 6) is 0.860. The Balaban J connectivity index is 1.89. The summed E-state index contributed by atoms with van der Waals surface area (Å²) in [6.45, 7) is 4.21. The summed E-state index contributed by atoms with van der Waals surface area (Å²) in [4.78, 5) is 2.41. The predicted molar refractivity (Wildman–Crippen MR) is 88.9 cm³/mol. The van der Waals surface area contributed by atoms with Crippen LogP contribution in [0.25, 0.3) is 5.69 Å². The highest BCUT2D eigenvalue weighted by Gasteiger charge is 2.21. The summed E-state index contributed by atoms with van der Waals surface area (Å²) in [6, 6.07) is 8.37. The maximum atomic E-state index is 6.01. The molecule has 118 valence electrons. The number of methoxy groups -OCH3 is 1. The maximum absolute atomic E-state index is 6.01. The van der Waals surface area contributed by atoms with E-state index in [0.717, 1.165) is 43.8 Å². The van der Waals surface area contributed by atoms with Crippen molar-refractivity contribution in [3.05, 3.63) is 36.2 Å². The molecule has 22 heavy (non-hydrogen) atoms. The number of hydrogen-bond acceptors (Lipinski definition) is 4. The van der Waals surface area contributed by atoms with Gasteiger partial charge < -0.3 is 15.4 Å². The van der Waals surface area contributed by atoms with Gasteiger partial charge >= 0.3 is 0 Å². The van der Waals surface area contributed by atoms with Crippen LogP contribution in [-0.2, 0) is 6.42 Å². The van der Waals surface area contributed by atoms with Crippen molar-refractivity contribution in [1.82, 2.24) is 9.78 Å². The van der Waals surface area contributed by atoms with Crippen LogP contribution in [0.4, 0.5) is 5.69 Å². The Morgan fingerprint density at radius 2 is 1.91 bits per heavy atom. The highest BCUT2D eigenvalue weighted by Crippen LogP contribution is 2.27. The second kappa shape index (κ2) is 6.40. The molecule has 1 aromatic heterocycles. The second-order valence-electron chi connectivity index (χ2n) is 5.76. The van der Waals surface area contributed by atoms with Gasteiger partial charge in [-0.1, -0.05) is 6.92 Å². The molecule has 2 heterocycles. The molecule has 0 unspecified atom stereocenters. The van der Waals surface area contributed by atoms with Crippen molar-refractivity contribution in [3.63, 3.8) is 0 Å². The normalized spacial score (nSPS) is 16.0. The highest BCUT2D eigenvalue weighted by molar-refractivity contribution is 5.53. The summed E-state index contributed by atoms with van der Waals surface area (Å²) in [5, 5.41) is 4.61. The van der Waals surface area contributed by atoms with Gasteiger partial charge in [0.1, 0.15) is 5.75 Å². The maximum Gasteiger partial charge on any atom is 0.119 e. The van der Waals surface area contributed by atoms with E-state index in [1.807, 2.05) is 35.1 Å². The van der Waals surface area contributed by atoms with E-state index in [0.29, 0.717) is 6.04 Å². The van der Waals surface area contributed by atoms with E-state index in [-0.39, 0.29) is 0 Å². The van der Waals surface area contributed by atoms with Crippen LogP contribution in [0.15, 0.2) is 30.5 Å². The average molecular weight is 300 g/mol. The molecular formula is C17H24N4O. The Kier molecular flexibility index (Phi) is 4.34. The lowest BCUT2D eigenvalue weighted by Gasteiger charge is -2.31. The molecule has 0 amide bonds. The first-order valence-electron chi connectivity index (χ1n) is 7.94. The van der Waals surface area contributed by atoms with Gasteiger partial charge in [-0.3, -0.25) is 0 Å². The lowest BCUT2D eigenvalue weighted by atomic mass is 10.1. The molecule has 1 aliphatic heterocycles. The van der Waals surface area contributed by atoms with Gasteiger partial charge in [0, 0.05) is 19.1 Å². The van der Waals surface area contributed by atoms with Gasteiger partial charge in [-0.05, 0) is 43.5 Å². The van der Waals surface area contributed by atoms with Crippen molar-refractivity contribution < 1.29 is 4.74 Å². The van der Waals surface area contributed by atoms with Crippen LogP contribution >= 0.6 is 0 Å². The Labute approximate surface area is 131 Å². The third kappa shape index (κ3) is 2.81. The molecule has 0 bridgehead atoms. The van der Waals surface area contributed by atoms with E-state index in [1.54, 1.807) is 7.11 Å². The lowest BCUT2D eigenvalue weighted by Crippen LogP contribution is -2.39. The van der Waals surface area contributed by atoms with Crippen LogP contribution in [0.5, 0.6) is 5.75 Å². The molecular weight excluding hydrogens is 276 g/mol. The number of hydrogen-bond donors (Lipinski definition) is 1. The average Bonchev–Trinajstić information content (AvgIpc) is 2.99. The first-order valence-corrected chi connectivity index (χ1v) is 7.94. The van der Waals surface area contributed by atoms with Crippen LogP contribution < -0.4 is 15.4 Å². The molecule has 1 aliphatic rings. The minimum Gasteiger partial charge on any atom is -0.497 e. The predicted octanol–water partition coefficient (Wildman–Crippen LogP) is 2.37. The van der Waals surface area contributed by atoms with Crippen molar-refractivity contribution in [2.45, 2.75) is 32.2 Å². The molecule has 2 aromatic rings. The van der Waals surface area contributed by atoms with Crippen LogP contribution in [-0.4, -0.2) is 36.0 Å². The van der Waals surface area contributed by atoms with E-state index in [2.05, 4.69) is 16.9 Å². The standard InChI is InChI=1S/C17H24N4O/c1-3-16-17(20-10-8-13(18)9-11-20)12-19-21(16)14-4-6-15(22-2)7-5-14/h4-7,12-13H,3,8-11,18H2,1-2H3. The molecule has 3 rings (SSSR count). The molecule has 0 atom stereocenters. The number of nitrogens with two attached hydrogens (primary N) is 1. The van der Waals surface area contributed by atoms with Gasteiger partial charge in [-0.25, -0.2) is 4.68 Å². The zero-order valence-corrected chi connectivity index (χ0v) is 13.3. The molecule has 1 fully saturated rings. The molecule has 0 radical (unpaired) electrons. The topological polar surface area (TPSA) is 56.3 Å². The molecule has 1 saturated heterocycles. The number of piperidine rings is 1. The van der Waals surface area contributed by atoms with Gasteiger partial charge in [0.05, 0.1) is 30.4 Å². The Morgan fingerprint density at radius 3 is 2.50 bits per heavy atom. The van der Waals surface area contributed by atoms with Crippen LogP contribution in [0.3, 0.4) is 0 Å². The molecule has 0 saturated carbocycles. The second-order valence-corrected chi connectivity index (χ2v) is 5.76. The number of rotatable bonds is 4. The number of anilines is 1. The fourth-order valence-electron chi connectivity index (χ4n) is 3.05. The van der Waals surface area contributed by atoms with E-state index in [9.17, 15) is 0 Å². The van der Waals surface area contributed by atoms with E-state index < -0.39 is 0 Å². The molecule has 0 aliphatic carbocycles. The number of ether oxygens (including phenoxy) is 1. The number of aromatic nitrogens is 2. The summed E-state index contributed by atoms with van der Waals surface area (Å²) in [7, 11) is 1.68. The summed E-state index contributed by atoms with van der Waals surface area (Å²) in [6.07, 6.45) is 5.04. The van der Waals surface area contributed by atoms with Crippen molar-refractivity contribution in [1.29, 1.82) is 0 Å². The minimum atomic E-state index is 0.345.